The Morgan fingerprint density at radius 2 is 1.83 bits per heavy atom. The molecule has 7 heteroatoms. The van der Waals surface area contributed by atoms with Crippen molar-refractivity contribution in [1.82, 2.24) is 10.3 Å². The van der Waals surface area contributed by atoms with Gasteiger partial charge in [0.2, 0.25) is 5.91 Å². The normalized spacial score (nSPS) is 10.5. The van der Waals surface area contributed by atoms with Gasteiger partial charge in [0, 0.05) is 23.6 Å². The van der Waals surface area contributed by atoms with Crippen LogP contribution < -0.4 is 10.6 Å². The number of nitrogens with zero attached hydrogens (tertiary/aromatic N) is 1. The van der Waals surface area contributed by atoms with Gasteiger partial charge in [-0.25, -0.2) is 4.98 Å². The van der Waals surface area contributed by atoms with Crippen molar-refractivity contribution in [2.24, 2.45) is 0 Å². The summed E-state index contributed by atoms with van der Waals surface area (Å²) in [5.41, 5.74) is 1.36. The molecule has 1 aromatic heterocycles. The summed E-state index contributed by atoms with van der Waals surface area (Å²) in [6.45, 7) is 0.248. The van der Waals surface area contributed by atoms with Crippen molar-refractivity contribution in [1.29, 1.82) is 0 Å². The maximum absolute atomic E-state index is 11.9. The highest BCUT2D eigenvalue weighted by Gasteiger charge is 2.09. The number of amides is 2. The van der Waals surface area contributed by atoms with Crippen LogP contribution in [-0.2, 0) is 4.79 Å². The summed E-state index contributed by atoms with van der Waals surface area (Å²) in [6, 6.07) is 14.3. The Labute approximate surface area is 147 Å². The molecule has 0 atom stereocenters. The predicted molar refractivity (Wildman–Crippen MR) is 96.7 cm³/mol. The molecule has 0 bridgehead atoms. The minimum Gasteiger partial charge on any atom is -0.352 e. The second kappa shape index (κ2) is 7.42. The van der Waals surface area contributed by atoms with Crippen LogP contribution in [0.3, 0.4) is 0 Å². The first kappa shape index (κ1) is 16.4. The van der Waals surface area contributed by atoms with Crippen LogP contribution in [0, 0.1) is 0 Å². The predicted octanol–water partition coefficient (Wildman–Crippen LogP) is 3.71. The molecule has 0 spiro atoms. The molecule has 3 rings (SSSR count). The van der Waals surface area contributed by atoms with E-state index in [0.717, 1.165) is 10.2 Å². The summed E-state index contributed by atoms with van der Waals surface area (Å²) in [5.74, 6) is -0.426. The van der Waals surface area contributed by atoms with E-state index in [1.165, 1.54) is 11.3 Å². The van der Waals surface area contributed by atoms with Crippen LogP contribution in [0.25, 0.3) is 10.2 Å². The summed E-state index contributed by atoms with van der Waals surface area (Å²) in [7, 11) is 0. The molecule has 122 valence electrons. The van der Waals surface area contributed by atoms with E-state index in [1.54, 1.807) is 24.3 Å². The molecule has 0 aliphatic rings. The molecule has 0 unspecified atom stereocenters. The fraction of sp³-hybridized carbons (Fsp3) is 0.118. The van der Waals surface area contributed by atoms with Gasteiger partial charge in [-0.3, -0.25) is 9.59 Å². The minimum atomic E-state index is -0.237. The fourth-order valence-electron chi connectivity index (χ4n) is 2.10. The topological polar surface area (TPSA) is 71.1 Å². The van der Waals surface area contributed by atoms with Gasteiger partial charge in [0.15, 0.2) is 5.13 Å². The lowest BCUT2D eigenvalue weighted by molar-refractivity contribution is -0.116. The molecular weight excluding hydrogens is 346 g/mol. The fourth-order valence-corrected chi connectivity index (χ4v) is 3.11. The van der Waals surface area contributed by atoms with Crippen molar-refractivity contribution in [2.45, 2.75) is 6.42 Å². The first-order valence-corrected chi connectivity index (χ1v) is 8.50. The van der Waals surface area contributed by atoms with Crippen LogP contribution in [0.5, 0.6) is 0 Å². The number of thiazole rings is 1. The van der Waals surface area contributed by atoms with Crippen molar-refractivity contribution < 1.29 is 9.59 Å². The van der Waals surface area contributed by atoms with Gasteiger partial charge < -0.3 is 10.6 Å². The molecule has 1 heterocycles. The SMILES string of the molecule is O=C(CCNC(=O)c1ccc(Cl)cc1)Nc1nc2ccccc2s1. The minimum absolute atomic E-state index is 0.176. The van der Waals surface area contributed by atoms with Gasteiger partial charge in [0.05, 0.1) is 10.2 Å². The highest BCUT2D eigenvalue weighted by molar-refractivity contribution is 7.22. The lowest BCUT2D eigenvalue weighted by Gasteiger charge is -2.05. The second-order valence-corrected chi connectivity index (χ2v) is 6.51. The van der Waals surface area contributed by atoms with Crippen molar-refractivity contribution in [2.75, 3.05) is 11.9 Å². The Hall–Kier alpha value is -2.44. The average Bonchev–Trinajstić information content (AvgIpc) is 2.97. The standard InChI is InChI=1S/C17H14ClN3O2S/c18-12-7-5-11(6-8-12)16(23)19-10-9-15(22)21-17-20-13-3-1-2-4-14(13)24-17/h1-8H,9-10H2,(H,19,23)(H,20,21,22). The van der Waals surface area contributed by atoms with Crippen molar-refractivity contribution in [3.05, 3.63) is 59.1 Å². The largest absolute Gasteiger partial charge is 0.352 e. The number of para-hydroxylation sites is 1. The molecule has 0 aliphatic heterocycles. The molecule has 0 aliphatic carbocycles. The summed E-state index contributed by atoms with van der Waals surface area (Å²) in [6.07, 6.45) is 0.176. The number of nitrogens with one attached hydrogen (secondary N) is 2. The van der Waals surface area contributed by atoms with E-state index < -0.39 is 0 Å². The number of rotatable bonds is 5. The first-order valence-electron chi connectivity index (χ1n) is 7.31. The summed E-state index contributed by atoms with van der Waals surface area (Å²) >= 11 is 7.20. The molecule has 2 aromatic carbocycles. The quantitative estimate of drug-likeness (QED) is 0.729. The van der Waals surface area contributed by atoms with Gasteiger partial charge in [-0.05, 0) is 36.4 Å². The Bertz CT molecular complexity index is 844. The molecule has 2 N–H and O–H groups in total. The van der Waals surface area contributed by atoms with Gasteiger partial charge in [-0.2, -0.15) is 0 Å². The van der Waals surface area contributed by atoms with Crippen LogP contribution >= 0.6 is 22.9 Å². The van der Waals surface area contributed by atoms with E-state index in [2.05, 4.69) is 15.6 Å². The Balaban J connectivity index is 1.48. The van der Waals surface area contributed by atoms with Gasteiger partial charge in [0.1, 0.15) is 0 Å². The number of halogens is 1. The summed E-state index contributed by atoms with van der Waals surface area (Å²) in [5, 5.41) is 6.59. The molecule has 24 heavy (non-hydrogen) atoms. The number of fused-ring (bicyclic) bond motifs is 1. The maximum atomic E-state index is 11.9. The average molecular weight is 360 g/mol. The number of carbonyl (C=O) groups excluding carboxylic acids is 2. The zero-order valence-electron chi connectivity index (χ0n) is 12.6. The van der Waals surface area contributed by atoms with Crippen molar-refractivity contribution in [3.8, 4) is 0 Å². The maximum Gasteiger partial charge on any atom is 0.251 e. The third-order valence-electron chi connectivity index (χ3n) is 3.28. The van der Waals surface area contributed by atoms with E-state index >= 15 is 0 Å². The molecule has 2 amide bonds. The highest BCUT2D eigenvalue weighted by atomic mass is 35.5. The third kappa shape index (κ3) is 4.10. The van der Waals surface area contributed by atoms with Crippen molar-refractivity contribution >= 4 is 50.1 Å². The van der Waals surface area contributed by atoms with Crippen LogP contribution in [0.2, 0.25) is 5.02 Å². The molecule has 5 nitrogen and oxygen atoms in total. The number of hydrogen-bond donors (Lipinski definition) is 2. The molecule has 0 fully saturated rings. The Kier molecular flexibility index (Phi) is 5.08. The second-order valence-electron chi connectivity index (χ2n) is 5.05. The van der Waals surface area contributed by atoms with Crippen LogP contribution in [0.15, 0.2) is 48.5 Å². The molecule has 0 saturated heterocycles. The molecule has 0 radical (unpaired) electrons. The lowest BCUT2D eigenvalue weighted by Crippen LogP contribution is -2.27. The van der Waals surface area contributed by atoms with E-state index in [9.17, 15) is 9.59 Å². The van der Waals surface area contributed by atoms with Gasteiger partial charge >= 0.3 is 0 Å². The summed E-state index contributed by atoms with van der Waals surface area (Å²) in [4.78, 5) is 28.2. The van der Waals surface area contributed by atoms with Crippen LogP contribution in [-0.4, -0.2) is 23.3 Å². The smallest absolute Gasteiger partial charge is 0.251 e. The van der Waals surface area contributed by atoms with Gasteiger partial charge in [-0.15, -0.1) is 0 Å². The third-order valence-corrected chi connectivity index (χ3v) is 4.49. The number of carbonyl (C=O) groups is 2. The Morgan fingerprint density at radius 1 is 1.08 bits per heavy atom. The number of aromatic nitrogens is 1. The van der Waals surface area contributed by atoms with Gasteiger partial charge in [0.25, 0.3) is 5.91 Å². The van der Waals surface area contributed by atoms with Gasteiger partial charge in [-0.1, -0.05) is 35.1 Å². The van der Waals surface area contributed by atoms with Crippen LogP contribution in [0.4, 0.5) is 5.13 Å². The van der Waals surface area contributed by atoms with Crippen LogP contribution in [0.1, 0.15) is 16.8 Å². The zero-order chi connectivity index (χ0) is 16.9. The molecular formula is C17H14ClN3O2S. The van der Waals surface area contributed by atoms with Crippen molar-refractivity contribution in [3.63, 3.8) is 0 Å². The highest BCUT2D eigenvalue weighted by Crippen LogP contribution is 2.25. The van der Waals surface area contributed by atoms with E-state index in [4.69, 9.17) is 11.6 Å². The zero-order valence-corrected chi connectivity index (χ0v) is 14.2. The number of benzene rings is 2. The van der Waals surface area contributed by atoms with E-state index in [-0.39, 0.29) is 24.8 Å². The monoisotopic (exact) mass is 359 g/mol. The number of anilines is 1. The molecule has 0 saturated carbocycles. The first-order chi connectivity index (χ1) is 11.6. The summed E-state index contributed by atoms with van der Waals surface area (Å²) < 4.78 is 1.02. The Morgan fingerprint density at radius 3 is 2.58 bits per heavy atom. The lowest BCUT2D eigenvalue weighted by atomic mass is 10.2. The van der Waals surface area contributed by atoms with E-state index in [0.29, 0.717) is 15.7 Å². The van der Waals surface area contributed by atoms with E-state index in [1.807, 2.05) is 24.3 Å². The number of hydrogen-bond acceptors (Lipinski definition) is 4. The molecule has 3 aromatic rings.